The summed E-state index contributed by atoms with van der Waals surface area (Å²) in [6.45, 7) is 0. The number of hydrogen-bond acceptors (Lipinski definition) is 6. The molecule has 0 spiro atoms. The standard InChI is InChI=1S/C16H18N6/c1-2-8-16(18-12-14-6-4-10-20-22-14)15(7-1)17-11-13-5-3-9-19-21-13/h3-6,9-12,15-16H,1-2,7-8H2. The van der Waals surface area contributed by atoms with E-state index < -0.39 is 0 Å². The van der Waals surface area contributed by atoms with Crippen LogP contribution < -0.4 is 0 Å². The van der Waals surface area contributed by atoms with E-state index in [0.717, 1.165) is 24.2 Å². The first-order valence-corrected chi connectivity index (χ1v) is 7.53. The molecule has 0 aliphatic heterocycles. The molecule has 0 saturated heterocycles. The van der Waals surface area contributed by atoms with Crippen molar-refractivity contribution in [3.8, 4) is 0 Å². The van der Waals surface area contributed by atoms with E-state index in [4.69, 9.17) is 0 Å². The van der Waals surface area contributed by atoms with Crippen LogP contribution in [-0.2, 0) is 0 Å². The SMILES string of the molecule is C(=NC1CCCCC1N=Cc1cccnn1)c1cccnn1. The van der Waals surface area contributed by atoms with Gasteiger partial charge in [0.15, 0.2) is 0 Å². The van der Waals surface area contributed by atoms with E-state index in [1.54, 1.807) is 24.8 Å². The molecule has 2 aromatic rings. The quantitative estimate of drug-likeness (QED) is 0.809. The van der Waals surface area contributed by atoms with Crippen LogP contribution in [0.5, 0.6) is 0 Å². The summed E-state index contributed by atoms with van der Waals surface area (Å²) in [6.07, 6.45) is 11.4. The molecule has 1 aliphatic rings. The first-order chi connectivity index (χ1) is 10.9. The van der Waals surface area contributed by atoms with Crippen LogP contribution in [0, 0.1) is 0 Å². The number of rotatable bonds is 4. The maximum Gasteiger partial charge on any atom is 0.103 e. The number of hydrogen-bond donors (Lipinski definition) is 0. The Morgan fingerprint density at radius 1 is 0.818 bits per heavy atom. The van der Waals surface area contributed by atoms with Crippen molar-refractivity contribution in [3.63, 3.8) is 0 Å². The van der Waals surface area contributed by atoms with Crippen molar-refractivity contribution in [2.24, 2.45) is 9.98 Å². The van der Waals surface area contributed by atoms with Crippen molar-refractivity contribution in [2.75, 3.05) is 0 Å². The highest BCUT2D eigenvalue weighted by Crippen LogP contribution is 2.23. The van der Waals surface area contributed by atoms with E-state index in [-0.39, 0.29) is 12.1 Å². The summed E-state index contributed by atoms with van der Waals surface area (Å²) < 4.78 is 0. The summed E-state index contributed by atoms with van der Waals surface area (Å²) in [5.41, 5.74) is 1.56. The van der Waals surface area contributed by atoms with Crippen LogP contribution in [0.15, 0.2) is 46.6 Å². The van der Waals surface area contributed by atoms with E-state index in [1.807, 2.05) is 24.3 Å². The monoisotopic (exact) mass is 294 g/mol. The van der Waals surface area contributed by atoms with Crippen LogP contribution in [0.1, 0.15) is 37.1 Å². The number of aliphatic imine (C=N–C) groups is 2. The molecule has 0 aromatic carbocycles. The van der Waals surface area contributed by atoms with Crippen molar-refractivity contribution in [3.05, 3.63) is 48.0 Å². The van der Waals surface area contributed by atoms with Crippen LogP contribution in [-0.4, -0.2) is 44.9 Å². The molecule has 0 radical (unpaired) electrons. The first kappa shape index (κ1) is 14.4. The van der Waals surface area contributed by atoms with Gasteiger partial charge in [0.25, 0.3) is 0 Å². The average Bonchev–Trinajstić information content (AvgIpc) is 2.61. The minimum absolute atomic E-state index is 0.198. The van der Waals surface area contributed by atoms with Gasteiger partial charge in [0.05, 0.1) is 12.1 Å². The Balaban J connectivity index is 1.69. The van der Waals surface area contributed by atoms with E-state index in [2.05, 4.69) is 30.4 Å². The van der Waals surface area contributed by atoms with Gasteiger partial charge in [-0.3, -0.25) is 9.98 Å². The molecule has 6 nitrogen and oxygen atoms in total. The zero-order valence-electron chi connectivity index (χ0n) is 12.3. The second kappa shape index (κ2) is 7.49. The van der Waals surface area contributed by atoms with Gasteiger partial charge in [-0.1, -0.05) is 12.8 Å². The Morgan fingerprint density at radius 2 is 1.32 bits per heavy atom. The Morgan fingerprint density at radius 3 is 1.73 bits per heavy atom. The largest absolute Gasteiger partial charge is 0.285 e. The van der Waals surface area contributed by atoms with Crippen LogP contribution >= 0.6 is 0 Å². The Labute approximate surface area is 129 Å². The molecule has 0 amide bonds. The lowest BCUT2D eigenvalue weighted by Gasteiger charge is -2.25. The highest BCUT2D eigenvalue weighted by atomic mass is 15.1. The summed E-state index contributed by atoms with van der Waals surface area (Å²) in [5.74, 6) is 0. The lowest BCUT2D eigenvalue weighted by Crippen LogP contribution is -2.27. The molecule has 6 heteroatoms. The summed E-state index contributed by atoms with van der Waals surface area (Å²) in [5, 5.41) is 15.8. The molecule has 2 atom stereocenters. The Kier molecular flexibility index (Phi) is 4.92. The third-order valence-electron chi connectivity index (χ3n) is 3.68. The maximum atomic E-state index is 4.67. The molecule has 0 bridgehead atoms. The van der Waals surface area contributed by atoms with Gasteiger partial charge in [0.2, 0.25) is 0 Å². The molecule has 3 rings (SSSR count). The minimum atomic E-state index is 0.198. The summed E-state index contributed by atoms with van der Waals surface area (Å²) in [7, 11) is 0. The molecular weight excluding hydrogens is 276 g/mol. The Bertz CT molecular complexity index is 568. The van der Waals surface area contributed by atoms with E-state index >= 15 is 0 Å². The molecular formula is C16H18N6. The lowest BCUT2D eigenvalue weighted by atomic mass is 9.91. The van der Waals surface area contributed by atoms with Gasteiger partial charge < -0.3 is 0 Å². The van der Waals surface area contributed by atoms with Crippen LogP contribution in [0.3, 0.4) is 0 Å². The molecule has 2 unspecified atom stereocenters. The van der Waals surface area contributed by atoms with Gasteiger partial charge in [-0.25, -0.2) is 0 Å². The fourth-order valence-corrected chi connectivity index (χ4v) is 2.55. The van der Waals surface area contributed by atoms with E-state index in [9.17, 15) is 0 Å². The fraction of sp³-hybridized carbons (Fsp3) is 0.375. The number of nitrogens with zero attached hydrogens (tertiary/aromatic N) is 6. The van der Waals surface area contributed by atoms with E-state index in [0.29, 0.717) is 0 Å². The third-order valence-corrected chi connectivity index (χ3v) is 3.68. The predicted molar refractivity (Wildman–Crippen MR) is 85.3 cm³/mol. The van der Waals surface area contributed by atoms with Gasteiger partial charge in [-0.15, -0.1) is 10.2 Å². The van der Waals surface area contributed by atoms with Gasteiger partial charge in [0, 0.05) is 24.8 Å². The maximum absolute atomic E-state index is 4.67. The molecule has 1 saturated carbocycles. The molecule has 2 heterocycles. The topological polar surface area (TPSA) is 76.3 Å². The molecule has 0 N–H and O–H groups in total. The molecule has 2 aromatic heterocycles. The first-order valence-electron chi connectivity index (χ1n) is 7.53. The minimum Gasteiger partial charge on any atom is -0.285 e. The van der Waals surface area contributed by atoms with Crippen molar-refractivity contribution >= 4 is 12.4 Å². The molecule has 1 aliphatic carbocycles. The summed E-state index contributed by atoms with van der Waals surface area (Å²) >= 11 is 0. The van der Waals surface area contributed by atoms with Gasteiger partial charge >= 0.3 is 0 Å². The highest BCUT2D eigenvalue weighted by molar-refractivity contribution is 5.77. The van der Waals surface area contributed by atoms with Crippen molar-refractivity contribution in [1.29, 1.82) is 0 Å². The van der Waals surface area contributed by atoms with Crippen molar-refractivity contribution < 1.29 is 0 Å². The lowest BCUT2D eigenvalue weighted by molar-refractivity contribution is 0.390. The second-order valence-electron chi connectivity index (χ2n) is 5.27. The number of aromatic nitrogens is 4. The van der Waals surface area contributed by atoms with Gasteiger partial charge in [-0.2, -0.15) is 10.2 Å². The zero-order valence-corrected chi connectivity index (χ0v) is 12.3. The summed E-state index contributed by atoms with van der Waals surface area (Å²) in [6, 6.07) is 7.92. The van der Waals surface area contributed by atoms with Gasteiger partial charge in [-0.05, 0) is 37.1 Å². The van der Waals surface area contributed by atoms with Crippen LogP contribution in [0.25, 0.3) is 0 Å². The predicted octanol–water partition coefficient (Wildman–Crippen LogP) is 2.12. The molecule has 112 valence electrons. The van der Waals surface area contributed by atoms with E-state index in [1.165, 1.54) is 12.8 Å². The summed E-state index contributed by atoms with van der Waals surface area (Å²) in [4.78, 5) is 9.34. The normalized spacial score (nSPS) is 22.4. The smallest absolute Gasteiger partial charge is 0.103 e. The Hall–Kier alpha value is -2.50. The average molecular weight is 294 g/mol. The van der Waals surface area contributed by atoms with Crippen LogP contribution in [0.2, 0.25) is 0 Å². The fourth-order valence-electron chi connectivity index (χ4n) is 2.55. The molecule has 22 heavy (non-hydrogen) atoms. The van der Waals surface area contributed by atoms with Crippen molar-refractivity contribution in [2.45, 2.75) is 37.8 Å². The van der Waals surface area contributed by atoms with Crippen LogP contribution in [0.4, 0.5) is 0 Å². The molecule has 1 fully saturated rings. The highest BCUT2D eigenvalue weighted by Gasteiger charge is 2.23. The second-order valence-corrected chi connectivity index (χ2v) is 5.27. The zero-order chi connectivity index (χ0) is 15.0. The third kappa shape index (κ3) is 4.00. The van der Waals surface area contributed by atoms with Crippen molar-refractivity contribution in [1.82, 2.24) is 20.4 Å². The van der Waals surface area contributed by atoms with Gasteiger partial charge in [0.1, 0.15) is 11.4 Å².